The lowest BCUT2D eigenvalue weighted by atomic mass is 10.2. The van der Waals surface area contributed by atoms with Gasteiger partial charge in [0.25, 0.3) is 0 Å². The van der Waals surface area contributed by atoms with Crippen LogP contribution in [0.5, 0.6) is 0 Å². The number of nitrogens with two attached hydrogens (primary N) is 1. The number of hydrogen-bond donors (Lipinski definition) is 1. The van der Waals surface area contributed by atoms with Crippen LogP contribution in [0.1, 0.15) is 35.8 Å². The highest BCUT2D eigenvalue weighted by Crippen LogP contribution is 2.38. The fraction of sp³-hybridized carbons (Fsp3) is 0.700. The summed E-state index contributed by atoms with van der Waals surface area (Å²) in [4.78, 5) is 2.32. The van der Waals surface area contributed by atoms with Gasteiger partial charge in [0, 0.05) is 25.2 Å². The highest BCUT2D eigenvalue weighted by Gasteiger charge is 2.32. The zero-order valence-corrected chi connectivity index (χ0v) is 8.53. The van der Waals surface area contributed by atoms with Crippen molar-refractivity contribution in [2.75, 3.05) is 7.05 Å². The molecule has 0 bridgehead atoms. The molecule has 1 aliphatic heterocycles. The van der Waals surface area contributed by atoms with Crippen LogP contribution >= 0.6 is 0 Å². The first-order chi connectivity index (χ1) is 6.79. The van der Waals surface area contributed by atoms with Crippen LogP contribution in [0.15, 0.2) is 0 Å². The van der Waals surface area contributed by atoms with E-state index in [0.29, 0.717) is 12.6 Å². The molecule has 4 heteroatoms. The zero-order chi connectivity index (χ0) is 9.71. The monoisotopic (exact) mass is 192 g/mol. The fourth-order valence-corrected chi connectivity index (χ4v) is 2.27. The van der Waals surface area contributed by atoms with Gasteiger partial charge in [0.05, 0.1) is 17.4 Å². The van der Waals surface area contributed by atoms with Gasteiger partial charge < -0.3 is 5.73 Å². The first kappa shape index (κ1) is 8.44. The van der Waals surface area contributed by atoms with Crippen molar-refractivity contribution in [3.8, 4) is 0 Å². The second-order valence-corrected chi connectivity index (χ2v) is 4.42. The van der Waals surface area contributed by atoms with Gasteiger partial charge in [-0.25, -0.2) is 0 Å². The molecular weight excluding hydrogens is 176 g/mol. The van der Waals surface area contributed by atoms with Crippen molar-refractivity contribution in [2.45, 2.75) is 38.5 Å². The van der Waals surface area contributed by atoms with Gasteiger partial charge in [-0.3, -0.25) is 9.58 Å². The molecule has 0 radical (unpaired) electrons. The van der Waals surface area contributed by atoms with E-state index in [-0.39, 0.29) is 0 Å². The van der Waals surface area contributed by atoms with Gasteiger partial charge >= 0.3 is 0 Å². The molecule has 1 saturated carbocycles. The first-order valence-corrected chi connectivity index (χ1v) is 5.27. The first-order valence-electron chi connectivity index (χ1n) is 5.27. The Labute approximate surface area is 83.7 Å². The van der Waals surface area contributed by atoms with Crippen LogP contribution in [-0.2, 0) is 19.6 Å². The van der Waals surface area contributed by atoms with Gasteiger partial charge in [-0.05, 0) is 19.9 Å². The minimum Gasteiger partial charge on any atom is -0.325 e. The lowest BCUT2D eigenvalue weighted by molar-refractivity contribution is 0.340. The maximum Gasteiger partial charge on any atom is 0.0808 e. The molecular formula is C10H16N4. The molecule has 76 valence electrons. The standard InChI is InChI=1S/C10H16N4/c1-13-5-8-9(4-11)12-14(7-2-3-7)10(8)6-13/h7H,2-6,11H2,1H3. The molecule has 2 aliphatic rings. The number of fused-ring (bicyclic) bond motifs is 1. The van der Waals surface area contributed by atoms with Crippen LogP contribution in [0.4, 0.5) is 0 Å². The second-order valence-electron chi connectivity index (χ2n) is 4.42. The third-order valence-corrected chi connectivity index (χ3v) is 3.14. The Morgan fingerprint density at radius 3 is 2.86 bits per heavy atom. The number of rotatable bonds is 2. The molecule has 4 nitrogen and oxygen atoms in total. The van der Waals surface area contributed by atoms with Crippen LogP contribution in [-0.4, -0.2) is 21.7 Å². The van der Waals surface area contributed by atoms with Crippen LogP contribution < -0.4 is 5.73 Å². The van der Waals surface area contributed by atoms with Crippen LogP contribution in [0.2, 0.25) is 0 Å². The molecule has 2 N–H and O–H groups in total. The fourth-order valence-electron chi connectivity index (χ4n) is 2.27. The summed E-state index contributed by atoms with van der Waals surface area (Å²) >= 11 is 0. The summed E-state index contributed by atoms with van der Waals surface area (Å²) in [5.41, 5.74) is 9.62. The van der Waals surface area contributed by atoms with E-state index in [9.17, 15) is 0 Å². The molecule has 0 aromatic carbocycles. The van der Waals surface area contributed by atoms with E-state index in [2.05, 4.69) is 21.7 Å². The van der Waals surface area contributed by atoms with Gasteiger partial charge in [0.1, 0.15) is 0 Å². The summed E-state index contributed by atoms with van der Waals surface area (Å²) in [5, 5.41) is 4.61. The number of nitrogens with zero attached hydrogens (tertiary/aromatic N) is 3. The van der Waals surface area contributed by atoms with Crippen molar-refractivity contribution in [3.63, 3.8) is 0 Å². The van der Waals surface area contributed by atoms with Crippen molar-refractivity contribution in [1.82, 2.24) is 14.7 Å². The molecule has 1 aromatic heterocycles. The van der Waals surface area contributed by atoms with Gasteiger partial charge in [-0.2, -0.15) is 5.10 Å². The Kier molecular flexibility index (Phi) is 1.69. The molecule has 1 aliphatic carbocycles. The molecule has 0 atom stereocenters. The average molecular weight is 192 g/mol. The molecule has 14 heavy (non-hydrogen) atoms. The van der Waals surface area contributed by atoms with Gasteiger partial charge in [0.2, 0.25) is 0 Å². The summed E-state index contributed by atoms with van der Waals surface area (Å²) in [6.07, 6.45) is 2.59. The Hall–Kier alpha value is -0.870. The number of aromatic nitrogens is 2. The van der Waals surface area contributed by atoms with Crippen molar-refractivity contribution < 1.29 is 0 Å². The van der Waals surface area contributed by atoms with E-state index in [1.165, 1.54) is 24.1 Å². The molecule has 0 unspecified atom stereocenters. The van der Waals surface area contributed by atoms with Crippen LogP contribution in [0.25, 0.3) is 0 Å². The molecule has 0 spiro atoms. The lowest BCUT2D eigenvalue weighted by Crippen LogP contribution is -2.13. The lowest BCUT2D eigenvalue weighted by Gasteiger charge is -2.08. The largest absolute Gasteiger partial charge is 0.325 e. The van der Waals surface area contributed by atoms with Crippen molar-refractivity contribution in [3.05, 3.63) is 17.0 Å². The van der Waals surface area contributed by atoms with Crippen molar-refractivity contribution >= 4 is 0 Å². The molecule has 0 amide bonds. The second kappa shape index (κ2) is 2.81. The molecule has 1 fully saturated rings. The molecule has 1 aromatic rings. The van der Waals surface area contributed by atoms with Gasteiger partial charge in [0.15, 0.2) is 0 Å². The highest BCUT2D eigenvalue weighted by atomic mass is 15.3. The molecule has 3 rings (SSSR count). The third kappa shape index (κ3) is 1.11. The molecule has 0 saturated heterocycles. The Morgan fingerprint density at radius 2 is 2.21 bits per heavy atom. The van der Waals surface area contributed by atoms with E-state index in [4.69, 9.17) is 5.73 Å². The smallest absolute Gasteiger partial charge is 0.0808 e. The van der Waals surface area contributed by atoms with Crippen LogP contribution in [0, 0.1) is 0 Å². The minimum absolute atomic E-state index is 0.579. The minimum atomic E-state index is 0.579. The molecule has 2 heterocycles. The Morgan fingerprint density at radius 1 is 1.43 bits per heavy atom. The van der Waals surface area contributed by atoms with Crippen molar-refractivity contribution in [2.24, 2.45) is 5.73 Å². The summed E-state index contributed by atoms with van der Waals surface area (Å²) in [6, 6.07) is 0.676. The maximum absolute atomic E-state index is 5.71. The van der Waals surface area contributed by atoms with Crippen molar-refractivity contribution in [1.29, 1.82) is 0 Å². The summed E-state index contributed by atoms with van der Waals surface area (Å²) in [7, 11) is 2.15. The predicted octanol–water partition coefficient (Wildman–Crippen LogP) is 0.622. The SMILES string of the molecule is CN1Cc2c(CN)nn(C3CC3)c2C1. The Balaban J connectivity index is 2.06. The highest BCUT2D eigenvalue weighted by molar-refractivity contribution is 5.30. The summed E-state index contributed by atoms with van der Waals surface area (Å²) in [6.45, 7) is 2.64. The van der Waals surface area contributed by atoms with E-state index in [1.54, 1.807) is 0 Å². The number of hydrogen-bond acceptors (Lipinski definition) is 3. The Bertz CT molecular complexity index is 364. The average Bonchev–Trinajstić information content (AvgIpc) is 2.84. The topological polar surface area (TPSA) is 47.1 Å². The predicted molar refractivity (Wildman–Crippen MR) is 53.6 cm³/mol. The van der Waals surface area contributed by atoms with E-state index in [1.807, 2.05) is 0 Å². The summed E-state index contributed by atoms with van der Waals surface area (Å²) < 4.78 is 2.22. The maximum atomic E-state index is 5.71. The van der Waals surface area contributed by atoms with E-state index < -0.39 is 0 Å². The summed E-state index contributed by atoms with van der Waals surface area (Å²) in [5.74, 6) is 0. The van der Waals surface area contributed by atoms with E-state index in [0.717, 1.165) is 18.8 Å². The van der Waals surface area contributed by atoms with Gasteiger partial charge in [-0.1, -0.05) is 0 Å². The van der Waals surface area contributed by atoms with E-state index >= 15 is 0 Å². The zero-order valence-electron chi connectivity index (χ0n) is 8.53. The third-order valence-electron chi connectivity index (χ3n) is 3.14. The van der Waals surface area contributed by atoms with Gasteiger partial charge in [-0.15, -0.1) is 0 Å². The quantitative estimate of drug-likeness (QED) is 0.747. The normalized spacial score (nSPS) is 21.6. The van der Waals surface area contributed by atoms with Crippen LogP contribution in [0.3, 0.4) is 0 Å².